The van der Waals surface area contributed by atoms with Gasteiger partial charge < -0.3 is 5.11 Å². The van der Waals surface area contributed by atoms with Crippen molar-refractivity contribution < 1.29 is 10.0 Å². The van der Waals surface area contributed by atoms with Crippen molar-refractivity contribution in [2.45, 2.75) is 42.4 Å². The van der Waals surface area contributed by atoms with Crippen LogP contribution in [0.1, 0.15) is 31.2 Å². The molecule has 2 rings (SSSR count). The average molecular weight is 253 g/mol. The molecule has 0 unspecified atom stereocenters. The van der Waals surface area contributed by atoms with Crippen molar-refractivity contribution >= 4 is 17.4 Å². The summed E-state index contributed by atoms with van der Waals surface area (Å²) in [7, 11) is 0. The number of rotatable bonds is 4. The standard InChI is InChI=1S/C12H15NO3S/c14-8-9-7-10(13(15)16)5-6-12(9)17-11-3-1-2-4-11/h5-7,11,14H,1-4,8H2. The largest absolute Gasteiger partial charge is 0.392 e. The minimum atomic E-state index is -0.427. The molecule has 1 saturated carbocycles. The minimum Gasteiger partial charge on any atom is -0.392 e. The summed E-state index contributed by atoms with van der Waals surface area (Å²) in [5, 5.41) is 20.5. The van der Waals surface area contributed by atoms with Gasteiger partial charge in [0, 0.05) is 22.3 Å². The third-order valence-electron chi connectivity index (χ3n) is 3.02. The second kappa shape index (κ2) is 5.51. The first-order valence-corrected chi connectivity index (χ1v) is 6.63. The number of aliphatic hydroxyl groups excluding tert-OH is 1. The summed E-state index contributed by atoms with van der Waals surface area (Å²) in [6.45, 7) is -0.142. The molecule has 1 aliphatic carbocycles. The Morgan fingerprint density at radius 2 is 2.12 bits per heavy atom. The molecule has 1 aromatic carbocycles. The molecule has 5 heteroatoms. The quantitative estimate of drug-likeness (QED) is 0.661. The van der Waals surface area contributed by atoms with Crippen molar-refractivity contribution in [1.29, 1.82) is 0 Å². The van der Waals surface area contributed by atoms with Crippen LogP contribution >= 0.6 is 11.8 Å². The molecule has 1 aliphatic rings. The molecule has 0 atom stereocenters. The fourth-order valence-corrected chi connectivity index (χ4v) is 3.45. The van der Waals surface area contributed by atoms with Crippen molar-refractivity contribution in [2.75, 3.05) is 0 Å². The highest BCUT2D eigenvalue weighted by atomic mass is 32.2. The Hall–Kier alpha value is -1.07. The summed E-state index contributed by atoms with van der Waals surface area (Å²) in [6.07, 6.45) is 4.93. The highest BCUT2D eigenvalue weighted by Crippen LogP contribution is 2.37. The number of non-ortho nitro benzene ring substituents is 1. The molecule has 1 aromatic rings. The molecule has 0 aromatic heterocycles. The number of hydrogen-bond acceptors (Lipinski definition) is 4. The van der Waals surface area contributed by atoms with Gasteiger partial charge in [0.2, 0.25) is 0 Å². The van der Waals surface area contributed by atoms with Crippen molar-refractivity contribution in [3.05, 3.63) is 33.9 Å². The van der Waals surface area contributed by atoms with E-state index in [4.69, 9.17) is 0 Å². The van der Waals surface area contributed by atoms with E-state index in [0.29, 0.717) is 10.8 Å². The molecule has 0 spiro atoms. The first-order chi connectivity index (χ1) is 8.20. The monoisotopic (exact) mass is 253 g/mol. The zero-order chi connectivity index (χ0) is 12.3. The summed E-state index contributed by atoms with van der Waals surface area (Å²) in [5.74, 6) is 0. The molecule has 0 saturated heterocycles. The normalized spacial score (nSPS) is 16.3. The van der Waals surface area contributed by atoms with Crippen LogP contribution in [0, 0.1) is 10.1 Å². The molecule has 0 radical (unpaired) electrons. The number of benzene rings is 1. The maximum Gasteiger partial charge on any atom is 0.269 e. The van der Waals surface area contributed by atoms with Crippen molar-refractivity contribution in [1.82, 2.24) is 0 Å². The average Bonchev–Trinajstić information content (AvgIpc) is 2.82. The van der Waals surface area contributed by atoms with Gasteiger partial charge in [0.1, 0.15) is 0 Å². The number of nitrogens with zero attached hydrogens (tertiary/aromatic N) is 1. The molecule has 92 valence electrons. The van der Waals surface area contributed by atoms with E-state index in [9.17, 15) is 15.2 Å². The van der Waals surface area contributed by atoms with Crippen molar-refractivity contribution in [2.24, 2.45) is 0 Å². The molecule has 17 heavy (non-hydrogen) atoms. The zero-order valence-electron chi connectivity index (χ0n) is 9.46. The Bertz CT molecular complexity index is 416. The number of nitro benzene ring substituents is 1. The van der Waals surface area contributed by atoms with Gasteiger partial charge in [-0.15, -0.1) is 11.8 Å². The SMILES string of the molecule is O=[N+]([O-])c1ccc(SC2CCCC2)c(CO)c1. The molecular weight excluding hydrogens is 238 g/mol. The summed E-state index contributed by atoms with van der Waals surface area (Å²) < 4.78 is 0. The predicted molar refractivity (Wildman–Crippen MR) is 67.1 cm³/mol. The van der Waals surface area contributed by atoms with Crippen LogP contribution in [0.25, 0.3) is 0 Å². The molecule has 0 bridgehead atoms. The highest BCUT2D eigenvalue weighted by Gasteiger charge is 2.18. The summed E-state index contributed by atoms with van der Waals surface area (Å²) in [5.41, 5.74) is 0.709. The lowest BCUT2D eigenvalue weighted by Crippen LogP contribution is -1.98. The highest BCUT2D eigenvalue weighted by molar-refractivity contribution is 8.00. The van der Waals surface area contributed by atoms with Crippen LogP contribution < -0.4 is 0 Å². The maximum atomic E-state index is 10.6. The Kier molecular flexibility index (Phi) is 4.02. The second-order valence-corrected chi connectivity index (χ2v) is 5.57. The fourth-order valence-electron chi connectivity index (χ4n) is 2.10. The Balaban J connectivity index is 2.18. The smallest absolute Gasteiger partial charge is 0.269 e. The third kappa shape index (κ3) is 2.98. The molecule has 0 heterocycles. The molecule has 1 N–H and O–H groups in total. The van der Waals surface area contributed by atoms with Gasteiger partial charge in [-0.2, -0.15) is 0 Å². The van der Waals surface area contributed by atoms with Gasteiger partial charge in [-0.25, -0.2) is 0 Å². The number of hydrogen-bond donors (Lipinski definition) is 1. The van der Waals surface area contributed by atoms with Crippen LogP contribution in [0.5, 0.6) is 0 Å². The van der Waals surface area contributed by atoms with E-state index in [0.717, 1.165) is 4.90 Å². The van der Waals surface area contributed by atoms with Crippen LogP contribution in [0.3, 0.4) is 0 Å². The van der Waals surface area contributed by atoms with E-state index in [1.807, 2.05) is 0 Å². The van der Waals surface area contributed by atoms with Gasteiger partial charge in [0.05, 0.1) is 11.5 Å². The van der Waals surface area contributed by atoms with Crippen LogP contribution in [0.15, 0.2) is 23.1 Å². The molecule has 1 fully saturated rings. The fraction of sp³-hybridized carbons (Fsp3) is 0.500. The maximum absolute atomic E-state index is 10.6. The number of nitro groups is 1. The van der Waals surface area contributed by atoms with Gasteiger partial charge in [-0.1, -0.05) is 12.8 Å². The van der Waals surface area contributed by atoms with E-state index in [1.165, 1.54) is 37.8 Å². The van der Waals surface area contributed by atoms with E-state index in [-0.39, 0.29) is 12.3 Å². The van der Waals surface area contributed by atoms with Crippen LogP contribution in [0.2, 0.25) is 0 Å². The van der Waals surface area contributed by atoms with Gasteiger partial charge in [-0.05, 0) is 24.5 Å². The van der Waals surface area contributed by atoms with Crippen LogP contribution in [-0.2, 0) is 6.61 Å². The summed E-state index contributed by atoms with van der Waals surface area (Å²) >= 11 is 1.74. The Labute approximate surface area is 104 Å². The minimum absolute atomic E-state index is 0.0461. The number of aliphatic hydroxyl groups is 1. The van der Waals surface area contributed by atoms with Gasteiger partial charge in [0.15, 0.2) is 0 Å². The van der Waals surface area contributed by atoms with Crippen molar-refractivity contribution in [3.8, 4) is 0 Å². The topological polar surface area (TPSA) is 63.4 Å². The number of thioether (sulfide) groups is 1. The van der Waals surface area contributed by atoms with Gasteiger partial charge >= 0.3 is 0 Å². The zero-order valence-corrected chi connectivity index (χ0v) is 10.3. The first kappa shape index (κ1) is 12.4. The van der Waals surface area contributed by atoms with Gasteiger partial charge in [0.25, 0.3) is 5.69 Å². The predicted octanol–water partition coefficient (Wildman–Crippen LogP) is 3.12. The Morgan fingerprint density at radius 3 is 2.71 bits per heavy atom. The van der Waals surface area contributed by atoms with E-state index < -0.39 is 4.92 Å². The molecule has 0 aliphatic heterocycles. The van der Waals surface area contributed by atoms with E-state index in [2.05, 4.69) is 0 Å². The lowest BCUT2D eigenvalue weighted by molar-refractivity contribution is -0.385. The lowest BCUT2D eigenvalue weighted by Gasteiger charge is -2.11. The Morgan fingerprint density at radius 1 is 1.41 bits per heavy atom. The molecule has 0 amide bonds. The van der Waals surface area contributed by atoms with E-state index in [1.54, 1.807) is 17.8 Å². The van der Waals surface area contributed by atoms with Crippen LogP contribution in [0.4, 0.5) is 5.69 Å². The molecular formula is C12H15NO3S. The summed E-state index contributed by atoms with van der Waals surface area (Å²) in [4.78, 5) is 11.2. The summed E-state index contributed by atoms with van der Waals surface area (Å²) in [6, 6.07) is 4.74. The van der Waals surface area contributed by atoms with Gasteiger partial charge in [-0.3, -0.25) is 10.1 Å². The lowest BCUT2D eigenvalue weighted by atomic mass is 10.2. The third-order valence-corrected chi connectivity index (χ3v) is 4.48. The first-order valence-electron chi connectivity index (χ1n) is 5.75. The molecule has 4 nitrogen and oxygen atoms in total. The van der Waals surface area contributed by atoms with E-state index >= 15 is 0 Å². The van der Waals surface area contributed by atoms with Crippen LogP contribution in [-0.4, -0.2) is 15.3 Å². The van der Waals surface area contributed by atoms with Crippen molar-refractivity contribution in [3.63, 3.8) is 0 Å². The second-order valence-electron chi connectivity index (χ2n) is 4.23.